The van der Waals surface area contributed by atoms with Gasteiger partial charge in [0.25, 0.3) is 0 Å². The van der Waals surface area contributed by atoms with E-state index in [1.54, 1.807) is 4.40 Å². The van der Waals surface area contributed by atoms with Gasteiger partial charge >= 0.3 is 5.97 Å². The highest BCUT2D eigenvalue weighted by Gasteiger charge is 2.21. The molecule has 120 valence electrons. The number of allylic oxidation sites excluding steroid dienone is 1. The largest absolute Gasteiger partial charge is 0.475 e. The van der Waals surface area contributed by atoms with Crippen LogP contribution in [0.4, 0.5) is 0 Å². The minimum Gasteiger partial charge on any atom is -0.475 e. The van der Waals surface area contributed by atoms with Crippen LogP contribution in [0, 0.1) is 0 Å². The van der Waals surface area contributed by atoms with Crippen molar-refractivity contribution < 1.29 is 9.90 Å². The van der Waals surface area contributed by atoms with Crippen molar-refractivity contribution in [1.29, 1.82) is 0 Å². The molecule has 1 aliphatic rings. The van der Waals surface area contributed by atoms with Crippen LogP contribution in [-0.2, 0) is 6.42 Å². The number of aromatic nitrogens is 5. The minimum atomic E-state index is -1.16. The molecule has 25 heavy (non-hydrogen) atoms. The molecule has 0 fully saturated rings. The zero-order valence-corrected chi connectivity index (χ0v) is 12.9. The fraction of sp³-hybridized carbons (Fsp3) is 0.0556. The summed E-state index contributed by atoms with van der Waals surface area (Å²) >= 11 is 0. The Kier molecular flexibility index (Phi) is 2.73. The van der Waals surface area contributed by atoms with E-state index in [0.717, 1.165) is 16.6 Å². The SMILES string of the molecule is O=C(O)c1nc2c(Cc3ccccc3)nc3nc4c(n3c2n1)=CC=C4. The number of hydrogen-bond donors (Lipinski definition) is 1. The molecule has 0 bridgehead atoms. The number of nitrogens with zero attached hydrogens (tertiary/aromatic N) is 5. The van der Waals surface area contributed by atoms with Gasteiger partial charge in [0.2, 0.25) is 11.6 Å². The van der Waals surface area contributed by atoms with Gasteiger partial charge in [0.15, 0.2) is 5.65 Å². The molecule has 0 spiro atoms. The molecule has 7 nitrogen and oxygen atoms in total. The second-order valence-electron chi connectivity index (χ2n) is 5.79. The molecule has 0 amide bonds. The standard InChI is InChI=1S/C18H11N5O2/c24-17(25)15-21-14-12(9-10-5-2-1-3-6-10)20-18-19-11-7-4-8-13(11)23(18)16(14)22-15/h1-8H,9H2,(H,24,25). The van der Waals surface area contributed by atoms with Crippen LogP contribution in [0.3, 0.4) is 0 Å². The first-order valence-corrected chi connectivity index (χ1v) is 7.75. The van der Waals surface area contributed by atoms with E-state index >= 15 is 0 Å². The number of fused-ring (bicyclic) bond motifs is 5. The van der Waals surface area contributed by atoms with Crippen molar-refractivity contribution in [3.63, 3.8) is 0 Å². The van der Waals surface area contributed by atoms with Crippen LogP contribution in [0.25, 0.3) is 29.1 Å². The highest BCUT2D eigenvalue weighted by Crippen LogP contribution is 2.20. The van der Waals surface area contributed by atoms with Crippen LogP contribution in [0.1, 0.15) is 27.6 Å². The van der Waals surface area contributed by atoms with Crippen LogP contribution >= 0.6 is 0 Å². The average molecular weight is 329 g/mol. The van der Waals surface area contributed by atoms with Crippen molar-refractivity contribution in [1.82, 2.24) is 24.3 Å². The Morgan fingerprint density at radius 2 is 1.92 bits per heavy atom. The third-order valence-electron chi connectivity index (χ3n) is 4.20. The van der Waals surface area contributed by atoms with Crippen molar-refractivity contribution in [2.24, 2.45) is 0 Å². The average Bonchev–Trinajstić information content (AvgIpc) is 3.28. The number of carbonyl (C=O) groups is 1. The molecule has 1 aliphatic carbocycles. The first-order chi connectivity index (χ1) is 12.2. The zero-order valence-electron chi connectivity index (χ0n) is 12.9. The molecule has 0 saturated carbocycles. The summed E-state index contributed by atoms with van der Waals surface area (Å²) in [5, 5.41) is 10.1. The molecule has 3 heterocycles. The fourth-order valence-corrected chi connectivity index (χ4v) is 3.10. The molecule has 5 rings (SSSR count). The highest BCUT2D eigenvalue weighted by atomic mass is 16.4. The van der Waals surface area contributed by atoms with Crippen molar-refractivity contribution in [2.75, 3.05) is 0 Å². The molecular formula is C18H11N5O2. The maximum Gasteiger partial charge on any atom is 0.374 e. The lowest BCUT2D eigenvalue weighted by atomic mass is 10.1. The van der Waals surface area contributed by atoms with Crippen LogP contribution in [0.2, 0.25) is 0 Å². The Hall–Kier alpha value is -3.61. The summed E-state index contributed by atoms with van der Waals surface area (Å²) < 4.78 is 1.76. The van der Waals surface area contributed by atoms with Crippen LogP contribution in [-0.4, -0.2) is 35.4 Å². The molecule has 0 unspecified atom stereocenters. The number of aromatic carboxylic acids is 1. The van der Waals surface area contributed by atoms with Gasteiger partial charge in [-0.1, -0.05) is 36.4 Å². The fourth-order valence-electron chi connectivity index (χ4n) is 3.10. The Morgan fingerprint density at radius 1 is 1.08 bits per heavy atom. The molecule has 1 N–H and O–H groups in total. The lowest BCUT2D eigenvalue weighted by Gasteiger charge is -2.03. The predicted molar refractivity (Wildman–Crippen MR) is 91.0 cm³/mol. The van der Waals surface area contributed by atoms with E-state index in [1.807, 2.05) is 48.6 Å². The molecule has 0 aliphatic heterocycles. The second-order valence-corrected chi connectivity index (χ2v) is 5.79. The maximum atomic E-state index is 11.4. The van der Waals surface area contributed by atoms with Gasteiger partial charge in [-0.25, -0.2) is 24.7 Å². The van der Waals surface area contributed by atoms with E-state index in [-0.39, 0.29) is 5.82 Å². The van der Waals surface area contributed by atoms with Gasteiger partial charge in [0.1, 0.15) is 5.52 Å². The van der Waals surface area contributed by atoms with Crippen molar-refractivity contribution >= 4 is 35.1 Å². The topological polar surface area (TPSA) is 93.3 Å². The summed E-state index contributed by atoms with van der Waals surface area (Å²) in [5.41, 5.74) is 3.49. The van der Waals surface area contributed by atoms with Gasteiger partial charge in [-0.3, -0.25) is 4.40 Å². The predicted octanol–water partition coefficient (Wildman–Crippen LogP) is 1.49. The first-order valence-electron chi connectivity index (χ1n) is 7.75. The van der Waals surface area contributed by atoms with E-state index in [4.69, 9.17) is 0 Å². The Labute approximate surface area is 141 Å². The lowest BCUT2D eigenvalue weighted by Crippen LogP contribution is -2.12. The summed E-state index contributed by atoms with van der Waals surface area (Å²) in [4.78, 5) is 28.9. The summed E-state index contributed by atoms with van der Waals surface area (Å²) in [7, 11) is 0. The van der Waals surface area contributed by atoms with Crippen molar-refractivity contribution in [3.05, 3.63) is 64.5 Å². The van der Waals surface area contributed by atoms with E-state index in [2.05, 4.69) is 19.9 Å². The van der Waals surface area contributed by atoms with E-state index < -0.39 is 5.97 Å². The molecule has 0 saturated heterocycles. The number of carboxylic acid groups (broad SMARTS) is 1. The molecule has 0 atom stereocenters. The first kappa shape index (κ1) is 13.8. The van der Waals surface area contributed by atoms with Gasteiger partial charge in [-0.15, -0.1) is 0 Å². The van der Waals surface area contributed by atoms with E-state index in [0.29, 0.717) is 29.1 Å². The highest BCUT2D eigenvalue weighted by molar-refractivity contribution is 5.89. The van der Waals surface area contributed by atoms with Crippen molar-refractivity contribution in [2.45, 2.75) is 6.42 Å². The molecular weight excluding hydrogens is 318 g/mol. The summed E-state index contributed by atoms with van der Waals surface area (Å²) in [6.45, 7) is 0. The molecule has 4 aromatic rings. The lowest BCUT2D eigenvalue weighted by molar-refractivity contribution is 0.0685. The normalized spacial score (nSPS) is 12.6. The van der Waals surface area contributed by atoms with Crippen LogP contribution < -0.4 is 5.35 Å². The quantitative estimate of drug-likeness (QED) is 0.612. The third-order valence-corrected chi connectivity index (χ3v) is 4.20. The summed E-state index contributed by atoms with van der Waals surface area (Å²) in [6.07, 6.45) is 6.22. The van der Waals surface area contributed by atoms with Crippen LogP contribution in [0.15, 0.2) is 36.4 Å². The number of hydrogen-bond acceptors (Lipinski definition) is 5. The monoisotopic (exact) mass is 329 g/mol. The van der Waals surface area contributed by atoms with Gasteiger partial charge < -0.3 is 5.11 Å². The maximum absolute atomic E-state index is 11.4. The number of rotatable bonds is 3. The molecule has 0 radical (unpaired) electrons. The number of benzene rings is 1. The molecule has 7 heteroatoms. The smallest absolute Gasteiger partial charge is 0.374 e. The molecule has 3 aromatic heterocycles. The number of carboxylic acids is 1. The van der Waals surface area contributed by atoms with E-state index in [9.17, 15) is 9.90 Å². The van der Waals surface area contributed by atoms with Gasteiger partial charge in [-0.05, 0) is 17.7 Å². The van der Waals surface area contributed by atoms with E-state index in [1.165, 1.54) is 0 Å². The van der Waals surface area contributed by atoms with Crippen molar-refractivity contribution in [3.8, 4) is 0 Å². The van der Waals surface area contributed by atoms with Crippen LogP contribution in [0.5, 0.6) is 0 Å². The minimum absolute atomic E-state index is 0.230. The Morgan fingerprint density at radius 3 is 2.72 bits per heavy atom. The van der Waals surface area contributed by atoms with Gasteiger partial charge in [-0.2, -0.15) is 0 Å². The number of imidazole rings is 2. The van der Waals surface area contributed by atoms with Gasteiger partial charge in [0.05, 0.1) is 16.7 Å². The second kappa shape index (κ2) is 4.94. The Balaban J connectivity index is 1.83. The molecule has 1 aromatic carbocycles. The zero-order chi connectivity index (χ0) is 17.0. The third kappa shape index (κ3) is 2.02. The summed E-state index contributed by atoms with van der Waals surface area (Å²) in [6, 6.07) is 9.84. The van der Waals surface area contributed by atoms with Gasteiger partial charge in [0, 0.05) is 6.42 Å². The Bertz CT molecular complexity index is 1240. The summed E-state index contributed by atoms with van der Waals surface area (Å²) in [5.74, 6) is -0.887.